The smallest absolute Gasteiger partial charge is 0.326 e. The maximum Gasteiger partial charge on any atom is 0.326 e. The highest BCUT2D eigenvalue weighted by molar-refractivity contribution is 5.92. The van der Waals surface area contributed by atoms with Crippen molar-refractivity contribution < 1.29 is 19.1 Å². The van der Waals surface area contributed by atoms with Crippen LogP contribution in [0.25, 0.3) is 0 Å². The summed E-state index contributed by atoms with van der Waals surface area (Å²) in [7, 11) is 0. The largest absolute Gasteiger partial charge is 0.480 e. The van der Waals surface area contributed by atoms with Crippen molar-refractivity contribution in [2.24, 2.45) is 5.92 Å². The molecular weight excluding hydrogens is 277 g/mol. The summed E-state index contributed by atoms with van der Waals surface area (Å²) in [6.45, 7) is 3.50. The van der Waals surface area contributed by atoms with E-state index in [0.29, 0.717) is 6.42 Å². The standard InChI is InChI=1S/C14H16FN3O3/c1-3-8(2)12(13(19)20)18-14(21)17-11-5-4-9(7-16)6-10(11)15/h4-6,8,12H,3H2,1-2H3,(H,19,20)(H2,17,18,21)/t8?,12-/m0/s1. The van der Waals surface area contributed by atoms with E-state index in [1.54, 1.807) is 19.9 Å². The monoisotopic (exact) mass is 293 g/mol. The van der Waals surface area contributed by atoms with E-state index in [0.717, 1.165) is 6.07 Å². The van der Waals surface area contributed by atoms with Crippen molar-refractivity contribution in [1.29, 1.82) is 5.26 Å². The zero-order chi connectivity index (χ0) is 16.0. The minimum absolute atomic E-state index is 0.125. The van der Waals surface area contributed by atoms with Crippen LogP contribution in [0.2, 0.25) is 0 Å². The van der Waals surface area contributed by atoms with Crippen LogP contribution in [0, 0.1) is 23.1 Å². The number of halogens is 1. The molecule has 0 saturated carbocycles. The van der Waals surface area contributed by atoms with Crippen LogP contribution in [-0.2, 0) is 4.79 Å². The van der Waals surface area contributed by atoms with Gasteiger partial charge in [0.25, 0.3) is 0 Å². The minimum atomic E-state index is -1.15. The lowest BCUT2D eigenvalue weighted by atomic mass is 9.99. The molecule has 0 fully saturated rings. The fraction of sp³-hybridized carbons (Fsp3) is 0.357. The van der Waals surface area contributed by atoms with Gasteiger partial charge in [0.2, 0.25) is 0 Å². The molecule has 0 heterocycles. The molecule has 2 atom stereocenters. The Bertz CT molecular complexity index is 583. The first-order valence-corrected chi connectivity index (χ1v) is 6.39. The van der Waals surface area contributed by atoms with Crippen LogP contribution in [0.3, 0.4) is 0 Å². The lowest BCUT2D eigenvalue weighted by Gasteiger charge is -2.20. The molecule has 1 rings (SSSR count). The number of anilines is 1. The van der Waals surface area contributed by atoms with Crippen molar-refractivity contribution >= 4 is 17.7 Å². The van der Waals surface area contributed by atoms with Gasteiger partial charge in [-0.3, -0.25) is 0 Å². The first-order valence-electron chi connectivity index (χ1n) is 6.39. The van der Waals surface area contributed by atoms with Crippen molar-refractivity contribution in [3.05, 3.63) is 29.6 Å². The van der Waals surface area contributed by atoms with Crippen LogP contribution in [0.5, 0.6) is 0 Å². The predicted molar refractivity (Wildman–Crippen MR) is 74.1 cm³/mol. The number of nitrogens with zero attached hydrogens (tertiary/aromatic N) is 1. The van der Waals surface area contributed by atoms with Crippen LogP contribution in [0.1, 0.15) is 25.8 Å². The van der Waals surface area contributed by atoms with Crippen LogP contribution < -0.4 is 10.6 Å². The highest BCUT2D eigenvalue weighted by Crippen LogP contribution is 2.15. The SMILES string of the molecule is CCC(C)[C@H](NC(=O)Nc1ccc(C#N)cc1F)C(=O)O. The van der Waals surface area contributed by atoms with E-state index < -0.39 is 23.9 Å². The lowest BCUT2D eigenvalue weighted by Crippen LogP contribution is -2.46. The number of carboxylic acids is 1. The molecule has 6 nitrogen and oxygen atoms in total. The van der Waals surface area contributed by atoms with Crippen LogP contribution in [0.4, 0.5) is 14.9 Å². The van der Waals surface area contributed by atoms with Crippen molar-refractivity contribution in [1.82, 2.24) is 5.32 Å². The van der Waals surface area contributed by atoms with Crippen LogP contribution >= 0.6 is 0 Å². The molecule has 21 heavy (non-hydrogen) atoms. The summed E-state index contributed by atoms with van der Waals surface area (Å²) >= 11 is 0. The molecule has 112 valence electrons. The molecule has 7 heteroatoms. The zero-order valence-electron chi connectivity index (χ0n) is 11.7. The number of hydrogen-bond donors (Lipinski definition) is 3. The average molecular weight is 293 g/mol. The highest BCUT2D eigenvalue weighted by atomic mass is 19.1. The summed E-state index contributed by atoms with van der Waals surface area (Å²) in [5.74, 6) is -2.18. The minimum Gasteiger partial charge on any atom is -0.480 e. The molecule has 2 amide bonds. The number of rotatable bonds is 5. The van der Waals surface area contributed by atoms with Gasteiger partial charge in [0, 0.05) is 0 Å². The molecule has 1 unspecified atom stereocenters. The Kier molecular flexibility index (Phi) is 5.67. The third-order valence-corrected chi connectivity index (χ3v) is 3.11. The van der Waals surface area contributed by atoms with Gasteiger partial charge in [-0.25, -0.2) is 14.0 Å². The summed E-state index contributed by atoms with van der Waals surface area (Å²) < 4.78 is 13.6. The molecule has 0 radical (unpaired) electrons. The third-order valence-electron chi connectivity index (χ3n) is 3.11. The first-order chi connectivity index (χ1) is 9.88. The molecule has 0 spiro atoms. The number of amides is 2. The van der Waals surface area contributed by atoms with E-state index in [9.17, 15) is 14.0 Å². The summed E-state index contributed by atoms with van der Waals surface area (Å²) in [4.78, 5) is 22.8. The summed E-state index contributed by atoms with van der Waals surface area (Å²) in [5.41, 5.74) is 0.00117. The number of nitrogens with one attached hydrogen (secondary N) is 2. The number of aliphatic carboxylic acids is 1. The number of carboxylic acid groups (broad SMARTS) is 1. The molecule has 0 aromatic heterocycles. The predicted octanol–water partition coefficient (Wildman–Crippen LogP) is 2.32. The number of nitriles is 1. The molecule has 3 N–H and O–H groups in total. The Morgan fingerprint density at radius 3 is 2.62 bits per heavy atom. The fourth-order valence-electron chi connectivity index (χ4n) is 1.67. The van der Waals surface area contributed by atoms with Crippen molar-refractivity contribution in [3.63, 3.8) is 0 Å². The normalized spacial score (nSPS) is 12.9. The van der Waals surface area contributed by atoms with Gasteiger partial charge >= 0.3 is 12.0 Å². The molecular formula is C14H16FN3O3. The second kappa shape index (κ2) is 7.24. The molecule has 0 aliphatic heterocycles. The van der Waals surface area contributed by atoms with Gasteiger partial charge in [0.1, 0.15) is 11.9 Å². The number of benzene rings is 1. The quantitative estimate of drug-likeness (QED) is 0.775. The molecule has 0 aliphatic carbocycles. The number of hydrogen-bond acceptors (Lipinski definition) is 3. The molecule has 0 aliphatic rings. The summed E-state index contributed by atoms with van der Waals surface area (Å²) in [6, 6.07) is 3.48. The van der Waals surface area contributed by atoms with E-state index in [-0.39, 0.29) is 17.2 Å². The summed E-state index contributed by atoms with van der Waals surface area (Å²) in [6.07, 6.45) is 0.572. The highest BCUT2D eigenvalue weighted by Gasteiger charge is 2.25. The number of carbonyl (C=O) groups excluding carboxylic acids is 1. The second-order valence-electron chi connectivity index (χ2n) is 4.61. The maximum absolute atomic E-state index is 13.6. The van der Waals surface area contributed by atoms with Gasteiger partial charge < -0.3 is 15.7 Å². The number of carbonyl (C=O) groups is 2. The molecule has 0 bridgehead atoms. The topological polar surface area (TPSA) is 102 Å². The van der Waals surface area contributed by atoms with Crippen molar-refractivity contribution in [2.45, 2.75) is 26.3 Å². The van der Waals surface area contributed by atoms with E-state index in [4.69, 9.17) is 10.4 Å². The summed E-state index contributed by atoms with van der Waals surface area (Å²) in [5, 5.41) is 22.2. The van der Waals surface area contributed by atoms with Crippen LogP contribution in [0.15, 0.2) is 18.2 Å². The molecule has 1 aromatic carbocycles. The van der Waals surface area contributed by atoms with Gasteiger partial charge in [0.15, 0.2) is 0 Å². The van der Waals surface area contributed by atoms with Gasteiger partial charge in [-0.05, 0) is 24.1 Å². The van der Waals surface area contributed by atoms with E-state index in [2.05, 4.69) is 10.6 Å². The Morgan fingerprint density at radius 1 is 1.48 bits per heavy atom. The van der Waals surface area contributed by atoms with Crippen molar-refractivity contribution in [3.8, 4) is 6.07 Å². The molecule has 0 saturated heterocycles. The van der Waals surface area contributed by atoms with Crippen molar-refractivity contribution in [2.75, 3.05) is 5.32 Å². The second-order valence-corrected chi connectivity index (χ2v) is 4.61. The van der Waals surface area contributed by atoms with E-state index >= 15 is 0 Å². The van der Waals surface area contributed by atoms with E-state index in [1.807, 2.05) is 0 Å². The Labute approximate surface area is 121 Å². The first kappa shape index (κ1) is 16.4. The third kappa shape index (κ3) is 4.45. The Hall–Kier alpha value is -2.62. The number of urea groups is 1. The Balaban J connectivity index is 2.77. The van der Waals surface area contributed by atoms with Gasteiger partial charge in [-0.15, -0.1) is 0 Å². The zero-order valence-corrected chi connectivity index (χ0v) is 11.7. The average Bonchev–Trinajstić information content (AvgIpc) is 2.45. The van der Waals surface area contributed by atoms with Crippen LogP contribution in [-0.4, -0.2) is 23.1 Å². The Morgan fingerprint density at radius 2 is 2.14 bits per heavy atom. The van der Waals surface area contributed by atoms with Gasteiger partial charge in [-0.2, -0.15) is 5.26 Å². The maximum atomic E-state index is 13.6. The molecule has 1 aromatic rings. The van der Waals surface area contributed by atoms with Gasteiger partial charge in [-0.1, -0.05) is 20.3 Å². The fourth-order valence-corrected chi connectivity index (χ4v) is 1.67. The van der Waals surface area contributed by atoms with Gasteiger partial charge in [0.05, 0.1) is 17.3 Å². The van der Waals surface area contributed by atoms with E-state index in [1.165, 1.54) is 12.1 Å². The lowest BCUT2D eigenvalue weighted by molar-refractivity contribution is -0.140.